The van der Waals surface area contributed by atoms with Crippen LogP contribution in [0.4, 0.5) is 41.5 Å². The number of carbonyl (C=O) groups excluding carboxylic acids is 5. The van der Waals surface area contributed by atoms with Crippen LogP contribution in [0.3, 0.4) is 0 Å². The molecule has 10 N–H and O–H groups in total. The van der Waals surface area contributed by atoms with Crippen molar-refractivity contribution in [3.05, 3.63) is 123 Å². The summed E-state index contributed by atoms with van der Waals surface area (Å²) in [5.74, 6) is -4.89. The van der Waals surface area contributed by atoms with Crippen LogP contribution in [0.25, 0.3) is 11.4 Å². The number of piperidine rings is 2. The molecule has 6 aromatic rings. The molecule has 558 valence electrons. The number of methoxy groups -OCH3 is 1. The largest absolute Gasteiger partial charge is 1.00 e. The Hall–Kier alpha value is -9.75. The topological polar surface area (TPSA) is 475 Å². The van der Waals surface area contributed by atoms with Gasteiger partial charge in [-0.1, -0.05) is 0 Å². The molecule has 4 amide bonds. The van der Waals surface area contributed by atoms with Gasteiger partial charge in [-0.2, -0.15) is 23.1 Å². The van der Waals surface area contributed by atoms with Crippen LogP contribution in [0.5, 0.6) is 0 Å². The van der Waals surface area contributed by atoms with Crippen LogP contribution in [0, 0.1) is 0 Å². The van der Waals surface area contributed by atoms with E-state index in [2.05, 4.69) is 71.6 Å². The van der Waals surface area contributed by atoms with Gasteiger partial charge in [-0.25, -0.2) is 34.1 Å². The van der Waals surface area contributed by atoms with Crippen LogP contribution >= 0.6 is 15.9 Å². The summed E-state index contributed by atoms with van der Waals surface area (Å²) in [5.41, 5.74) is 12.6. The fourth-order valence-electron chi connectivity index (χ4n) is 9.17. The van der Waals surface area contributed by atoms with Gasteiger partial charge in [0.15, 0.2) is 21.9 Å². The number of amides is 4. The number of rotatable bonds is 14. The van der Waals surface area contributed by atoms with E-state index in [4.69, 9.17) is 50.2 Å². The van der Waals surface area contributed by atoms with E-state index >= 15 is 0 Å². The summed E-state index contributed by atoms with van der Waals surface area (Å²) < 4.78 is 54.0. The molecule has 9 rings (SSSR count). The molecule has 0 radical (unpaired) electrons. The fraction of sp³-hybridized carbons (Fsp3) is 0.438. The van der Waals surface area contributed by atoms with Gasteiger partial charge in [0.25, 0.3) is 17.7 Å². The first-order valence-corrected chi connectivity index (χ1v) is 31.7. The summed E-state index contributed by atoms with van der Waals surface area (Å²) in [7, 11) is 6.54. The second-order valence-corrected chi connectivity index (χ2v) is 26.1. The Bertz CT molecular complexity index is 3950. The molecule has 40 heteroatoms. The maximum Gasteiger partial charge on any atom is 1.00 e. The zero-order valence-corrected chi connectivity index (χ0v) is 61.4. The normalized spacial score (nSPS) is 15.1. The van der Waals surface area contributed by atoms with Gasteiger partial charge in [-0.15, -0.1) is 20.4 Å². The molecule has 34 nitrogen and oxygen atoms in total. The van der Waals surface area contributed by atoms with Crippen LogP contribution in [-0.4, -0.2) is 222 Å². The number of ether oxygens (including phenoxy) is 2. The van der Waals surface area contributed by atoms with Crippen molar-refractivity contribution in [1.29, 1.82) is 0 Å². The molecule has 3 aliphatic heterocycles. The molecule has 3 aliphatic rings. The van der Waals surface area contributed by atoms with E-state index in [0.29, 0.717) is 89.2 Å². The average molecular weight is 1520 g/mol. The summed E-state index contributed by atoms with van der Waals surface area (Å²) in [6.07, 6.45) is 0.201. The summed E-state index contributed by atoms with van der Waals surface area (Å²) in [6, 6.07) is 18.0. The number of alkyl halides is 3. The van der Waals surface area contributed by atoms with Crippen LogP contribution in [0.1, 0.15) is 150 Å². The number of esters is 1. The maximum atomic E-state index is 12.9. The molecular weight excluding hydrogens is 1440 g/mol. The Morgan fingerprint density at radius 1 is 0.606 bits per heavy atom. The minimum Gasteiger partial charge on any atom is -0.870 e. The fourth-order valence-corrected chi connectivity index (χ4v) is 9.34. The number of benzene rings is 2. The van der Waals surface area contributed by atoms with Gasteiger partial charge in [-0.3, -0.25) is 34.0 Å². The number of pyridine rings is 2. The predicted molar refractivity (Wildman–Crippen MR) is 368 cm³/mol. The number of anilines is 4. The van der Waals surface area contributed by atoms with E-state index < -0.39 is 59.5 Å². The van der Waals surface area contributed by atoms with Crippen molar-refractivity contribution in [2.24, 2.45) is 0 Å². The Morgan fingerprint density at radius 3 is 1.43 bits per heavy atom. The van der Waals surface area contributed by atoms with Crippen LogP contribution in [0.2, 0.25) is 0 Å². The SMILES string of the molecule is CC1(NC(=O)OC(C)(C)C)CCN(c2nnc(Br)c(N)n2)CC1.COC(=O)c1ccnc(B2OC(C)(C)C(C)(C)O2)c1.CON(C)C(=O)c1ccc(C(=O)NC2(C)CCN(c3nnc(-c4cc(C(=O)O)ccn4)c(N)n3)CC2)cc1.CON(C)C(=O)c1ccc(C(=O)O)cc1.O=C(O)C(F)(F)F.[Li+].[OH-]. The predicted octanol–water partition coefficient (Wildman–Crippen LogP) is 3.38. The molecule has 2 aromatic carbocycles. The van der Waals surface area contributed by atoms with Gasteiger partial charge in [0.2, 0.25) is 11.9 Å². The number of hydrogen-bond acceptors (Lipinski definition) is 27. The number of aliphatic carboxylic acids is 1. The zero-order valence-electron chi connectivity index (χ0n) is 59.9. The number of hydroxylamine groups is 4. The van der Waals surface area contributed by atoms with E-state index in [0.717, 1.165) is 23.0 Å². The zero-order chi connectivity index (χ0) is 76.5. The van der Waals surface area contributed by atoms with Crippen molar-refractivity contribution in [1.82, 2.24) is 61.1 Å². The minimum absolute atomic E-state index is 0. The Labute approximate surface area is 617 Å². The van der Waals surface area contributed by atoms with Crippen molar-refractivity contribution < 1.29 is 120 Å². The number of carboxylic acids is 3. The smallest absolute Gasteiger partial charge is 0.870 e. The van der Waals surface area contributed by atoms with Crippen molar-refractivity contribution in [2.75, 3.05) is 82.9 Å². The second kappa shape index (κ2) is 37.6. The number of aromatic carboxylic acids is 2. The van der Waals surface area contributed by atoms with Crippen molar-refractivity contribution in [3.63, 3.8) is 0 Å². The standard InChI is InChI=1S/C25H28N8O5.C14H23BrN6O2.C13H18BNO4.C10H11NO4.C2HF3O2.Li.H2O/c1-25(29-21(34)15-4-6-16(7-5-15)22(35)32(2)38-3)9-12-33(13-10-25)24-28-20(26)19(30-31-24)18-14-17(23(36)37)8-11-27-18;1-13(2,3)23-12(22)18-14(4)5-7-21(8-6-14)11-17-10(16)9(15)19-20-11;1-12(2)13(3,4)19-14(18-12)10-8-9(6-7-15-10)11(16)17-5;1-11(15-2)9(12)7-3-5-8(6-4-7)10(13)14;3-2(4,5)1(6)7;;/h4-8,11,14H,9-10,12-13H2,1-3H3,(H,29,34)(H,36,37)(H2,26,28,31);5-8H2,1-4H3,(H,18,22)(H2,16,17,20);6-8H,1-5H3;3-6H,1-2H3,(H,13,14);(H,6,7);;1H2/q;;;;;+1;/p-1. The third-order valence-corrected chi connectivity index (χ3v) is 16.5. The molecule has 3 saturated heterocycles. The van der Waals surface area contributed by atoms with Crippen molar-refractivity contribution in [3.8, 4) is 11.4 Å². The van der Waals surface area contributed by atoms with E-state index in [1.54, 1.807) is 42.6 Å². The number of halogens is 4. The summed E-state index contributed by atoms with van der Waals surface area (Å²) in [5, 5.41) is 49.5. The van der Waals surface area contributed by atoms with E-state index in [-0.39, 0.29) is 82.0 Å². The van der Waals surface area contributed by atoms with Crippen LogP contribution in [-0.2, 0) is 33.3 Å². The third kappa shape index (κ3) is 25.3. The average Bonchev–Trinajstić information content (AvgIpc) is 1.60. The number of carboxylic acid groups (broad SMARTS) is 3. The molecule has 3 fully saturated rings. The number of nitrogens with one attached hydrogen (secondary N) is 2. The Morgan fingerprint density at radius 2 is 1.02 bits per heavy atom. The number of hydrogen-bond donors (Lipinski definition) is 7. The maximum absolute atomic E-state index is 12.9. The molecule has 104 heavy (non-hydrogen) atoms. The van der Waals surface area contributed by atoms with Gasteiger partial charge >= 0.3 is 62.1 Å². The quantitative estimate of drug-likeness (QED) is 0.0467. The van der Waals surface area contributed by atoms with E-state index in [1.807, 2.05) is 72.1 Å². The second-order valence-electron chi connectivity index (χ2n) is 25.3. The number of alkyl carbamates (subject to hydrolysis) is 1. The van der Waals surface area contributed by atoms with E-state index in [9.17, 15) is 51.8 Å². The Kier molecular flexibility index (Phi) is 32.0. The van der Waals surface area contributed by atoms with Gasteiger partial charge < -0.3 is 71.5 Å². The molecule has 7 heterocycles. The number of nitrogens with zero attached hydrogens (tertiary/aromatic N) is 12. The van der Waals surface area contributed by atoms with Gasteiger partial charge in [-0.05, 0) is 177 Å². The summed E-state index contributed by atoms with van der Waals surface area (Å²) >= 11 is 3.18. The van der Waals surface area contributed by atoms with Crippen molar-refractivity contribution in [2.45, 2.75) is 122 Å². The molecular formula is C64H82BBrF3LiN16O18. The van der Waals surface area contributed by atoms with Gasteiger partial charge in [0, 0.05) is 80.4 Å². The molecule has 0 aliphatic carbocycles. The Balaban J connectivity index is 0.000000367. The van der Waals surface area contributed by atoms with Crippen LogP contribution in [0.15, 0.2) is 89.8 Å². The first-order chi connectivity index (χ1) is 47.4. The number of carbonyl (C=O) groups is 8. The summed E-state index contributed by atoms with van der Waals surface area (Å²) in [4.78, 5) is 121. The van der Waals surface area contributed by atoms with Crippen molar-refractivity contribution >= 4 is 99.9 Å². The number of nitrogens with two attached hydrogens (primary N) is 2. The molecule has 0 bridgehead atoms. The van der Waals surface area contributed by atoms with Crippen LogP contribution < -0.4 is 56.4 Å². The molecule has 0 unspecified atom stereocenters. The first kappa shape index (κ1) is 88.5. The number of nitrogen functional groups attached to an aromatic ring is 2. The van der Waals surface area contributed by atoms with E-state index in [1.165, 1.54) is 78.0 Å². The first-order valence-electron chi connectivity index (χ1n) is 30.9. The molecule has 0 saturated carbocycles. The van der Waals surface area contributed by atoms with Gasteiger partial charge in [0.05, 0.1) is 60.5 Å². The molecule has 4 aromatic heterocycles. The monoisotopic (exact) mass is 1520 g/mol. The summed E-state index contributed by atoms with van der Waals surface area (Å²) in [6.45, 7) is 19.9. The molecule has 0 spiro atoms. The van der Waals surface area contributed by atoms with Gasteiger partial charge in [0.1, 0.15) is 5.60 Å². The third-order valence-electron chi connectivity index (χ3n) is 16.0. The minimum atomic E-state index is -5.08. The number of aromatic nitrogens is 8. The molecule has 0 atom stereocenters.